The van der Waals surface area contributed by atoms with Gasteiger partial charge in [0.2, 0.25) is 5.69 Å². The number of nitrogens with zero attached hydrogens (tertiary/aromatic N) is 1. The second kappa shape index (κ2) is 9.17. The number of hydrogen-bond acceptors (Lipinski definition) is 0. The van der Waals surface area contributed by atoms with Crippen molar-refractivity contribution in [2.75, 3.05) is 0 Å². The summed E-state index contributed by atoms with van der Waals surface area (Å²) >= 11 is 0. The molecule has 3 aromatic rings. The van der Waals surface area contributed by atoms with Crippen molar-refractivity contribution in [2.45, 2.75) is 130 Å². The van der Waals surface area contributed by atoms with Crippen LogP contribution in [0.5, 0.6) is 0 Å². The molecule has 1 aliphatic carbocycles. The van der Waals surface area contributed by atoms with E-state index in [2.05, 4.69) is 109 Å². The van der Waals surface area contributed by atoms with E-state index in [0.717, 1.165) is 42.4 Å². The number of aromatic nitrogens is 1. The highest BCUT2D eigenvalue weighted by Gasteiger charge is 2.62. The van der Waals surface area contributed by atoms with Gasteiger partial charge in [-0.15, -0.1) is 0 Å². The van der Waals surface area contributed by atoms with Gasteiger partial charge in [-0.3, -0.25) is 0 Å². The van der Waals surface area contributed by atoms with Crippen molar-refractivity contribution in [1.82, 2.24) is 0 Å². The van der Waals surface area contributed by atoms with E-state index in [-0.39, 0.29) is 33.5 Å². The zero-order valence-electron chi connectivity index (χ0n) is 25.4. The lowest BCUT2D eigenvalue weighted by Crippen LogP contribution is -2.62. The highest BCUT2D eigenvalue weighted by atomic mass is 19.1. The molecule has 204 valence electrons. The standard InChI is InChI=1S/C36H49FN/c1-10-14-17-20-35(9)33(5,6)28-22-26-29-21-24-18-15-16-19-25(24)23-38(29)36(12-3,13-4)27(11-2)30(26)32(37)31(28)34(35,7)8/h15-16,18-19,21-23,27H,10-14,17,20H2,1-9H3/q+1. The summed E-state index contributed by atoms with van der Waals surface area (Å²) in [4.78, 5) is 0. The first kappa shape index (κ1) is 27.4. The molecule has 38 heavy (non-hydrogen) atoms. The second-order valence-corrected chi connectivity index (χ2v) is 13.5. The molecule has 0 saturated heterocycles. The van der Waals surface area contributed by atoms with Crippen LogP contribution in [0.3, 0.4) is 0 Å². The molecular weight excluding hydrogens is 465 g/mol. The van der Waals surface area contributed by atoms with Gasteiger partial charge in [0.05, 0.1) is 11.5 Å². The molecule has 2 aromatic carbocycles. The van der Waals surface area contributed by atoms with Crippen LogP contribution in [-0.4, -0.2) is 0 Å². The Morgan fingerprint density at radius 1 is 0.842 bits per heavy atom. The predicted molar refractivity (Wildman–Crippen MR) is 159 cm³/mol. The normalized spacial score (nSPS) is 24.2. The summed E-state index contributed by atoms with van der Waals surface area (Å²) in [5.41, 5.74) is 4.99. The van der Waals surface area contributed by atoms with Gasteiger partial charge in [-0.1, -0.05) is 99.8 Å². The van der Waals surface area contributed by atoms with Crippen molar-refractivity contribution in [3.63, 3.8) is 0 Å². The molecule has 2 heterocycles. The van der Waals surface area contributed by atoms with Crippen molar-refractivity contribution < 1.29 is 8.96 Å². The number of unbranched alkanes of at least 4 members (excludes halogenated alkanes) is 2. The third kappa shape index (κ3) is 3.31. The Morgan fingerprint density at radius 2 is 1.50 bits per heavy atom. The average Bonchev–Trinajstić information content (AvgIpc) is 3.01. The van der Waals surface area contributed by atoms with Crippen LogP contribution >= 0.6 is 0 Å². The Balaban J connectivity index is 1.87. The second-order valence-electron chi connectivity index (χ2n) is 13.5. The van der Waals surface area contributed by atoms with Crippen molar-refractivity contribution in [1.29, 1.82) is 0 Å². The maximum absolute atomic E-state index is 17.5. The molecule has 0 bridgehead atoms. The van der Waals surface area contributed by atoms with Gasteiger partial charge in [0, 0.05) is 29.9 Å². The summed E-state index contributed by atoms with van der Waals surface area (Å²) in [6, 6.07) is 13.4. The van der Waals surface area contributed by atoms with Gasteiger partial charge in [-0.25, -0.2) is 4.39 Å². The number of pyridine rings is 1. The molecule has 0 fully saturated rings. The van der Waals surface area contributed by atoms with Crippen LogP contribution in [0.25, 0.3) is 22.0 Å². The number of hydrogen-bond donors (Lipinski definition) is 0. The third-order valence-corrected chi connectivity index (χ3v) is 11.8. The maximum atomic E-state index is 17.5. The Labute approximate surface area is 230 Å². The molecule has 1 aromatic heterocycles. The van der Waals surface area contributed by atoms with Crippen LogP contribution in [0.2, 0.25) is 0 Å². The lowest BCUT2D eigenvalue weighted by Gasteiger charge is -2.48. The van der Waals surface area contributed by atoms with Gasteiger partial charge in [-0.2, -0.15) is 4.57 Å². The fourth-order valence-corrected chi connectivity index (χ4v) is 8.90. The average molecular weight is 515 g/mol. The van der Waals surface area contributed by atoms with E-state index in [1.54, 1.807) is 0 Å². The summed E-state index contributed by atoms with van der Waals surface area (Å²) in [5.74, 6) is 0.231. The summed E-state index contributed by atoms with van der Waals surface area (Å²) in [6.07, 6.45) is 10.0. The minimum absolute atomic E-state index is 0.0179. The van der Waals surface area contributed by atoms with Crippen LogP contribution in [0.15, 0.2) is 42.6 Å². The van der Waals surface area contributed by atoms with Crippen molar-refractivity contribution in [3.05, 3.63) is 65.1 Å². The fourth-order valence-electron chi connectivity index (χ4n) is 8.90. The zero-order valence-corrected chi connectivity index (χ0v) is 25.4. The minimum Gasteiger partial charge on any atom is -0.206 e. The molecule has 0 amide bonds. The first-order chi connectivity index (χ1) is 18.0. The molecule has 5 rings (SSSR count). The largest absolute Gasteiger partial charge is 0.214 e. The van der Waals surface area contributed by atoms with E-state index in [1.165, 1.54) is 41.3 Å². The van der Waals surface area contributed by atoms with Gasteiger partial charge in [-0.05, 0) is 57.7 Å². The molecule has 2 aliphatic rings. The molecule has 1 aliphatic heterocycles. The number of halogens is 1. The summed E-state index contributed by atoms with van der Waals surface area (Å²) < 4.78 is 20.0. The first-order valence-electron chi connectivity index (χ1n) is 15.3. The van der Waals surface area contributed by atoms with Crippen molar-refractivity contribution >= 4 is 10.8 Å². The van der Waals surface area contributed by atoms with Gasteiger partial charge < -0.3 is 0 Å². The molecule has 2 heteroatoms. The summed E-state index contributed by atoms with van der Waals surface area (Å²) in [6.45, 7) is 21.0. The van der Waals surface area contributed by atoms with Crippen LogP contribution < -0.4 is 4.57 Å². The molecular formula is C36H49FN+. The quantitative estimate of drug-likeness (QED) is 0.218. The van der Waals surface area contributed by atoms with E-state index in [0.29, 0.717) is 0 Å². The third-order valence-electron chi connectivity index (χ3n) is 11.8. The van der Waals surface area contributed by atoms with E-state index in [1.807, 2.05) is 0 Å². The van der Waals surface area contributed by atoms with Gasteiger partial charge in [0.15, 0.2) is 11.7 Å². The molecule has 0 saturated carbocycles. The number of fused-ring (bicyclic) bond motifs is 5. The van der Waals surface area contributed by atoms with Gasteiger partial charge >= 0.3 is 0 Å². The lowest BCUT2D eigenvalue weighted by molar-refractivity contribution is -0.761. The van der Waals surface area contributed by atoms with E-state index >= 15 is 4.39 Å². The molecule has 2 unspecified atom stereocenters. The van der Waals surface area contributed by atoms with Crippen molar-refractivity contribution in [3.8, 4) is 11.3 Å². The van der Waals surface area contributed by atoms with E-state index in [4.69, 9.17) is 0 Å². The number of benzene rings is 2. The number of rotatable bonds is 7. The molecule has 0 spiro atoms. The maximum Gasteiger partial charge on any atom is 0.214 e. The van der Waals surface area contributed by atoms with Gasteiger partial charge in [0.25, 0.3) is 0 Å². The van der Waals surface area contributed by atoms with E-state index in [9.17, 15) is 0 Å². The van der Waals surface area contributed by atoms with Crippen LogP contribution in [0.1, 0.15) is 130 Å². The van der Waals surface area contributed by atoms with Crippen LogP contribution in [0, 0.1) is 11.2 Å². The molecule has 1 nitrogen and oxygen atoms in total. The smallest absolute Gasteiger partial charge is 0.206 e. The van der Waals surface area contributed by atoms with Gasteiger partial charge in [0.1, 0.15) is 5.82 Å². The molecule has 0 N–H and O–H groups in total. The zero-order chi connectivity index (χ0) is 27.7. The van der Waals surface area contributed by atoms with Crippen molar-refractivity contribution in [2.24, 2.45) is 5.41 Å². The minimum atomic E-state index is -0.241. The Bertz CT molecular complexity index is 1380. The highest BCUT2D eigenvalue weighted by molar-refractivity contribution is 5.85. The first-order valence-corrected chi connectivity index (χ1v) is 15.3. The topological polar surface area (TPSA) is 3.88 Å². The predicted octanol–water partition coefficient (Wildman–Crippen LogP) is 10.1. The fraction of sp³-hybridized carbons (Fsp3) is 0.583. The molecule has 2 atom stereocenters. The Morgan fingerprint density at radius 3 is 2.11 bits per heavy atom. The van der Waals surface area contributed by atoms with Crippen LogP contribution in [0.4, 0.5) is 4.39 Å². The summed E-state index contributed by atoms with van der Waals surface area (Å²) in [5, 5.41) is 2.48. The molecule has 0 radical (unpaired) electrons. The summed E-state index contributed by atoms with van der Waals surface area (Å²) in [7, 11) is 0. The lowest BCUT2D eigenvalue weighted by atomic mass is 9.56. The van der Waals surface area contributed by atoms with E-state index < -0.39 is 0 Å². The van der Waals surface area contributed by atoms with Crippen LogP contribution in [-0.2, 0) is 16.4 Å². The highest BCUT2D eigenvalue weighted by Crippen LogP contribution is 2.66. The monoisotopic (exact) mass is 514 g/mol. The Kier molecular flexibility index (Phi) is 6.60. The SMILES string of the molecule is CCCCCC1(C)C(C)(C)c2cc3c(c(F)c2C1(C)C)C(CC)C(CC)(CC)[n+]1cc2ccccc2cc1-3. The Hall–Kier alpha value is -2.22.